The summed E-state index contributed by atoms with van der Waals surface area (Å²) in [6.07, 6.45) is 9.75. The number of esters is 1. The van der Waals surface area contributed by atoms with Crippen LogP contribution in [-0.4, -0.2) is 17.9 Å². The minimum absolute atomic E-state index is 0.0436. The lowest BCUT2D eigenvalue weighted by Gasteiger charge is -2.70. The van der Waals surface area contributed by atoms with Crippen LogP contribution in [0.15, 0.2) is 0 Å². The van der Waals surface area contributed by atoms with Crippen LogP contribution in [0.2, 0.25) is 0 Å². The molecule has 0 amide bonds. The first-order chi connectivity index (χ1) is 15.4. The molecule has 4 heteroatoms. The third-order valence-corrected chi connectivity index (χ3v) is 12.6. The Morgan fingerprint density at radius 2 is 1.70 bits per heavy atom. The fraction of sp³-hybridized carbons (Fsp3) is 0.897. The van der Waals surface area contributed by atoms with Crippen molar-refractivity contribution in [3.63, 3.8) is 0 Å². The minimum Gasteiger partial charge on any atom is -0.461 e. The summed E-state index contributed by atoms with van der Waals surface area (Å²) in [6, 6.07) is 2.38. The molecule has 182 valence electrons. The van der Waals surface area contributed by atoms with Gasteiger partial charge in [-0.1, -0.05) is 34.6 Å². The molecule has 0 radical (unpaired) electrons. The predicted octanol–water partition coefficient (Wildman–Crippen LogP) is 6.48. The van der Waals surface area contributed by atoms with E-state index in [4.69, 9.17) is 4.74 Å². The monoisotopic (exact) mass is 453 g/mol. The van der Waals surface area contributed by atoms with Crippen molar-refractivity contribution in [3.05, 3.63) is 0 Å². The topological polar surface area (TPSA) is 67.2 Å². The van der Waals surface area contributed by atoms with Gasteiger partial charge in [0, 0.05) is 23.7 Å². The molecule has 5 fully saturated rings. The number of ether oxygens (including phenoxy) is 1. The second kappa shape index (κ2) is 7.08. The Kier molecular flexibility index (Phi) is 5.02. The second-order valence-electron chi connectivity index (χ2n) is 13.9. The maximum absolute atomic E-state index is 13.3. The average molecular weight is 454 g/mol. The number of nitriles is 1. The highest BCUT2D eigenvalue weighted by molar-refractivity contribution is 5.81. The van der Waals surface area contributed by atoms with Gasteiger partial charge in [-0.15, -0.1) is 0 Å². The van der Waals surface area contributed by atoms with Crippen LogP contribution in [0.1, 0.15) is 106 Å². The first-order valence-electron chi connectivity index (χ1n) is 13.5. The van der Waals surface area contributed by atoms with Crippen LogP contribution in [0, 0.1) is 62.1 Å². The van der Waals surface area contributed by atoms with E-state index in [0.29, 0.717) is 30.0 Å². The van der Waals surface area contributed by atoms with Crippen LogP contribution in [0.4, 0.5) is 0 Å². The summed E-state index contributed by atoms with van der Waals surface area (Å²) in [5.41, 5.74) is -0.0653. The number of carbonyl (C=O) groups is 2. The zero-order valence-electron chi connectivity index (χ0n) is 21.6. The number of carbonyl (C=O) groups excluding carboxylic acids is 2. The molecule has 4 aliphatic carbocycles. The first-order valence-corrected chi connectivity index (χ1v) is 13.5. The van der Waals surface area contributed by atoms with Crippen molar-refractivity contribution < 1.29 is 14.3 Å². The number of Topliss-reactive ketones (excluding diaryl/α,β-unsaturated/α-hetero) is 1. The fourth-order valence-corrected chi connectivity index (χ4v) is 10.5. The molecule has 0 aromatic rings. The summed E-state index contributed by atoms with van der Waals surface area (Å²) in [4.78, 5) is 26.1. The van der Waals surface area contributed by atoms with E-state index in [1.165, 1.54) is 0 Å². The second-order valence-corrected chi connectivity index (χ2v) is 13.9. The fourth-order valence-electron chi connectivity index (χ4n) is 10.5. The standard InChI is InChI=1S/C29H43NO3/c1-18(31)19-10-12-28(6)21(26(19,4)11-7-17-30)9-8-20-22-23-25(2,3)13-15-29(22,24(32)33-23)16-14-27(20,28)5/h19-23H,7-16H2,1-6H3/t19-,20+,21+,22-,23+,26-,27+,28+,29-/m0/s1. The van der Waals surface area contributed by atoms with Gasteiger partial charge >= 0.3 is 5.97 Å². The molecule has 4 nitrogen and oxygen atoms in total. The Morgan fingerprint density at radius 1 is 1.00 bits per heavy atom. The number of fused-ring (bicyclic) bond motifs is 3. The van der Waals surface area contributed by atoms with Gasteiger partial charge in [-0.3, -0.25) is 9.59 Å². The molecule has 1 heterocycles. The third-order valence-electron chi connectivity index (χ3n) is 12.6. The van der Waals surface area contributed by atoms with Gasteiger partial charge in [-0.25, -0.2) is 0 Å². The van der Waals surface area contributed by atoms with Crippen LogP contribution >= 0.6 is 0 Å². The van der Waals surface area contributed by atoms with E-state index < -0.39 is 0 Å². The molecule has 5 rings (SSSR count). The van der Waals surface area contributed by atoms with Crippen LogP contribution < -0.4 is 0 Å². The van der Waals surface area contributed by atoms with Crippen molar-refractivity contribution in [2.45, 2.75) is 112 Å². The Balaban J connectivity index is 1.57. The van der Waals surface area contributed by atoms with Crippen molar-refractivity contribution in [3.8, 4) is 6.07 Å². The maximum atomic E-state index is 13.3. The van der Waals surface area contributed by atoms with Gasteiger partial charge in [-0.2, -0.15) is 5.26 Å². The van der Waals surface area contributed by atoms with Gasteiger partial charge in [0.25, 0.3) is 0 Å². The molecule has 0 aromatic carbocycles. The smallest absolute Gasteiger partial charge is 0.312 e. The van der Waals surface area contributed by atoms with Crippen LogP contribution in [0.3, 0.4) is 0 Å². The summed E-state index contributed by atoms with van der Waals surface area (Å²) in [5.74, 6) is 1.74. The summed E-state index contributed by atoms with van der Waals surface area (Å²) < 4.78 is 6.22. The SMILES string of the molecule is CC(=O)[C@@H]1CC[C@]2(C)[C@H](CC[C@@H]3[C@H]4[C@H]5OC(=O)[C@@]4(CCC5(C)C)CC[C@]32C)[C@@]1(C)CCC#N. The lowest BCUT2D eigenvalue weighted by atomic mass is 9.33. The Hall–Kier alpha value is -1.37. The summed E-state index contributed by atoms with van der Waals surface area (Å²) in [6.45, 7) is 13.7. The molecule has 0 aromatic heterocycles. The van der Waals surface area contributed by atoms with E-state index in [1.54, 1.807) is 6.92 Å². The number of rotatable bonds is 3. The van der Waals surface area contributed by atoms with Crippen molar-refractivity contribution in [1.29, 1.82) is 5.26 Å². The molecular formula is C29H43NO3. The molecule has 1 saturated heterocycles. The highest BCUT2D eigenvalue weighted by atomic mass is 16.6. The van der Waals surface area contributed by atoms with Crippen molar-refractivity contribution in [2.24, 2.45) is 50.7 Å². The molecule has 2 bridgehead atoms. The number of hydrogen-bond acceptors (Lipinski definition) is 4. The predicted molar refractivity (Wildman–Crippen MR) is 127 cm³/mol. The number of nitrogens with zero attached hydrogens (tertiary/aromatic N) is 1. The summed E-state index contributed by atoms with van der Waals surface area (Å²) in [5, 5.41) is 9.42. The van der Waals surface area contributed by atoms with Gasteiger partial charge in [0.2, 0.25) is 0 Å². The van der Waals surface area contributed by atoms with E-state index in [9.17, 15) is 14.9 Å². The third kappa shape index (κ3) is 2.75. The van der Waals surface area contributed by atoms with Gasteiger partial charge in [0.05, 0.1) is 11.5 Å². The first kappa shape index (κ1) is 23.4. The minimum atomic E-state index is -0.256. The molecule has 5 aliphatic rings. The molecular weight excluding hydrogens is 410 g/mol. The molecule has 0 N–H and O–H groups in total. The molecule has 4 saturated carbocycles. The zero-order chi connectivity index (χ0) is 24.0. The van der Waals surface area contributed by atoms with Gasteiger partial charge in [-0.05, 0) is 92.8 Å². The zero-order valence-corrected chi connectivity index (χ0v) is 21.6. The van der Waals surface area contributed by atoms with Gasteiger partial charge < -0.3 is 4.74 Å². The van der Waals surface area contributed by atoms with E-state index >= 15 is 0 Å². The lowest BCUT2D eigenvalue weighted by Crippen LogP contribution is -2.66. The van der Waals surface area contributed by atoms with E-state index in [2.05, 4.69) is 40.7 Å². The van der Waals surface area contributed by atoms with Gasteiger partial charge in [0.15, 0.2) is 0 Å². The van der Waals surface area contributed by atoms with E-state index in [-0.39, 0.29) is 45.1 Å². The van der Waals surface area contributed by atoms with Crippen LogP contribution in [0.25, 0.3) is 0 Å². The van der Waals surface area contributed by atoms with Crippen LogP contribution in [-0.2, 0) is 14.3 Å². The highest BCUT2D eigenvalue weighted by Crippen LogP contribution is 2.76. The lowest BCUT2D eigenvalue weighted by molar-refractivity contribution is -0.225. The van der Waals surface area contributed by atoms with Gasteiger partial charge in [0.1, 0.15) is 11.9 Å². The summed E-state index contributed by atoms with van der Waals surface area (Å²) >= 11 is 0. The van der Waals surface area contributed by atoms with Crippen molar-refractivity contribution >= 4 is 11.8 Å². The Labute approximate surface area is 200 Å². The van der Waals surface area contributed by atoms with E-state index in [1.807, 2.05) is 0 Å². The highest BCUT2D eigenvalue weighted by Gasteiger charge is 2.74. The van der Waals surface area contributed by atoms with E-state index in [0.717, 1.165) is 57.8 Å². The molecule has 9 atom stereocenters. The Morgan fingerprint density at radius 3 is 2.36 bits per heavy atom. The van der Waals surface area contributed by atoms with Crippen molar-refractivity contribution in [1.82, 2.24) is 0 Å². The largest absolute Gasteiger partial charge is 0.461 e. The van der Waals surface area contributed by atoms with Crippen LogP contribution in [0.5, 0.6) is 0 Å². The molecule has 0 spiro atoms. The molecule has 33 heavy (non-hydrogen) atoms. The Bertz CT molecular complexity index is 918. The molecule has 0 unspecified atom stereocenters. The normalized spacial score (nSPS) is 52.0. The maximum Gasteiger partial charge on any atom is 0.312 e. The molecule has 1 aliphatic heterocycles. The number of ketones is 1. The van der Waals surface area contributed by atoms with Crippen molar-refractivity contribution in [2.75, 3.05) is 0 Å². The average Bonchev–Trinajstić information content (AvgIpc) is 3.00. The summed E-state index contributed by atoms with van der Waals surface area (Å²) in [7, 11) is 0. The number of hydrogen-bond donors (Lipinski definition) is 0. The quantitative estimate of drug-likeness (QED) is 0.459.